The lowest BCUT2D eigenvalue weighted by Gasteiger charge is -2.08. The largest absolute Gasteiger partial charge is 0.334 e. The van der Waals surface area contributed by atoms with Crippen molar-refractivity contribution >= 4 is 11.6 Å². The van der Waals surface area contributed by atoms with Crippen molar-refractivity contribution in [3.8, 4) is 11.5 Å². The van der Waals surface area contributed by atoms with Gasteiger partial charge in [0.1, 0.15) is 0 Å². The van der Waals surface area contributed by atoms with E-state index in [0.29, 0.717) is 11.7 Å². The molecule has 0 spiro atoms. The van der Waals surface area contributed by atoms with Crippen molar-refractivity contribution in [2.75, 3.05) is 5.32 Å². The van der Waals surface area contributed by atoms with Gasteiger partial charge in [-0.2, -0.15) is 4.98 Å². The number of nitrogens with zero attached hydrogens (tertiary/aromatic N) is 2. The Morgan fingerprint density at radius 1 is 1.45 bits per heavy atom. The molecule has 0 bridgehead atoms. The van der Waals surface area contributed by atoms with Crippen LogP contribution in [0, 0.1) is 12.8 Å². The van der Waals surface area contributed by atoms with Crippen LogP contribution in [0.3, 0.4) is 0 Å². The minimum atomic E-state index is 0.102. The maximum absolute atomic E-state index is 11.9. The van der Waals surface area contributed by atoms with E-state index in [1.165, 1.54) is 0 Å². The average Bonchev–Trinajstić information content (AvgIpc) is 3.19. The Kier molecular flexibility index (Phi) is 3.26. The highest BCUT2D eigenvalue weighted by Gasteiger charge is 2.29. The number of aromatic nitrogens is 2. The molecule has 1 heterocycles. The summed E-state index contributed by atoms with van der Waals surface area (Å²) in [5.41, 5.74) is 2.67. The van der Waals surface area contributed by atoms with Crippen molar-refractivity contribution < 1.29 is 9.32 Å². The van der Waals surface area contributed by atoms with E-state index in [1.54, 1.807) is 0 Å². The Morgan fingerprint density at radius 3 is 2.90 bits per heavy atom. The molecule has 1 amide bonds. The summed E-state index contributed by atoms with van der Waals surface area (Å²) in [5.74, 6) is 1.46. The molecule has 3 rings (SSSR count). The van der Waals surface area contributed by atoms with Gasteiger partial charge >= 0.3 is 0 Å². The first kappa shape index (κ1) is 12.8. The van der Waals surface area contributed by atoms with Gasteiger partial charge in [0.25, 0.3) is 5.89 Å². The van der Waals surface area contributed by atoms with Crippen molar-refractivity contribution in [1.82, 2.24) is 10.1 Å². The van der Waals surface area contributed by atoms with Gasteiger partial charge in [0.15, 0.2) is 5.82 Å². The smallest absolute Gasteiger partial charge is 0.257 e. The Balaban J connectivity index is 1.86. The fourth-order valence-corrected chi connectivity index (χ4v) is 1.98. The molecule has 1 fully saturated rings. The highest BCUT2D eigenvalue weighted by molar-refractivity contribution is 5.95. The molecule has 0 saturated heterocycles. The predicted octanol–water partition coefficient (Wildman–Crippen LogP) is 2.96. The van der Waals surface area contributed by atoms with Crippen LogP contribution in [0.5, 0.6) is 0 Å². The molecular weight excluding hydrogens is 254 g/mol. The summed E-state index contributed by atoms with van der Waals surface area (Å²) in [7, 11) is 0. The van der Waals surface area contributed by atoms with Gasteiger partial charge in [-0.1, -0.05) is 18.1 Å². The van der Waals surface area contributed by atoms with Crippen LogP contribution >= 0.6 is 0 Å². The summed E-state index contributed by atoms with van der Waals surface area (Å²) in [5, 5.41) is 6.86. The summed E-state index contributed by atoms with van der Waals surface area (Å²) >= 11 is 0. The summed E-state index contributed by atoms with van der Waals surface area (Å²) in [6.45, 7) is 3.95. The average molecular weight is 271 g/mol. The van der Waals surface area contributed by atoms with Gasteiger partial charge in [-0.15, -0.1) is 0 Å². The maximum atomic E-state index is 11.9. The molecule has 104 valence electrons. The van der Waals surface area contributed by atoms with Gasteiger partial charge in [-0.05, 0) is 37.5 Å². The first-order chi connectivity index (χ1) is 9.67. The predicted molar refractivity (Wildman–Crippen MR) is 75.2 cm³/mol. The normalized spacial score (nSPS) is 14.3. The van der Waals surface area contributed by atoms with Gasteiger partial charge in [-0.25, -0.2) is 0 Å². The van der Waals surface area contributed by atoms with E-state index >= 15 is 0 Å². The molecule has 0 aliphatic heterocycles. The van der Waals surface area contributed by atoms with Crippen LogP contribution in [-0.4, -0.2) is 16.0 Å². The van der Waals surface area contributed by atoms with Crippen LogP contribution in [0.1, 0.15) is 31.2 Å². The van der Waals surface area contributed by atoms with Crippen LogP contribution in [-0.2, 0) is 11.2 Å². The second kappa shape index (κ2) is 5.07. The van der Waals surface area contributed by atoms with Crippen LogP contribution in [0.25, 0.3) is 11.5 Å². The van der Waals surface area contributed by atoms with Crippen molar-refractivity contribution in [1.29, 1.82) is 0 Å². The molecular formula is C15H17N3O2. The molecule has 1 saturated carbocycles. The standard InChI is InChI=1S/C15H17N3O2/c1-3-13-17-15(20-18-13)11-5-4-9(2)12(8-11)16-14(19)10-6-7-10/h4-5,8,10H,3,6-7H2,1-2H3,(H,16,19). The number of rotatable bonds is 4. The number of nitrogens with one attached hydrogen (secondary N) is 1. The minimum Gasteiger partial charge on any atom is -0.334 e. The lowest BCUT2D eigenvalue weighted by molar-refractivity contribution is -0.117. The topological polar surface area (TPSA) is 68.0 Å². The zero-order valence-electron chi connectivity index (χ0n) is 11.6. The summed E-state index contributed by atoms with van der Waals surface area (Å²) in [6.07, 6.45) is 2.73. The minimum absolute atomic E-state index is 0.102. The SMILES string of the molecule is CCc1noc(-c2ccc(C)c(NC(=O)C3CC3)c2)n1. The molecule has 2 aromatic rings. The Morgan fingerprint density at radius 2 is 2.25 bits per heavy atom. The number of amides is 1. The Labute approximate surface area is 117 Å². The van der Waals surface area contributed by atoms with E-state index in [2.05, 4.69) is 15.5 Å². The third-order valence-electron chi connectivity index (χ3n) is 3.47. The van der Waals surface area contributed by atoms with Crippen LogP contribution < -0.4 is 5.32 Å². The van der Waals surface area contributed by atoms with Gasteiger partial charge in [-0.3, -0.25) is 4.79 Å². The first-order valence-corrected chi connectivity index (χ1v) is 6.92. The van der Waals surface area contributed by atoms with Crippen molar-refractivity contribution in [3.63, 3.8) is 0 Å². The number of benzene rings is 1. The lowest BCUT2D eigenvalue weighted by Crippen LogP contribution is -2.14. The number of hydrogen-bond acceptors (Lipinski definition) is 4. The number of hydrogen-bond donors (Lipinski definition) is 1. The second-order valence-corrected chi connectivity index (χ2v) is 5.16. The quantitative estimate of drug-likeness (QED) is 0.928. The maximum Gasteiger partial charge on any atom is 0.257 e. The Bertz CT molecular complexity index is 644. The fraction of sp³-hybridized carbons (Fsp3) is 0.400. The number of carbonyl (C=O) groups excluding carboxylic acids is 1. The fourth-order valence-electron chi connectivity index (χ4n) is 1.98. The molecule has 1 N–H and O–H groups in total. The first-order valence-electron chi connectivity index (χ1n) is 6.92. The van der Waals surface area contributed by atoms with Gasteiger partial charge in [0.05, 0.1) is 0 Å². The monoisotopic (exact) mass is 271 g/mol. The molecule has 1 aliphatic carbocycles. The number of anilines is 1. The summed E-state index contributed by atoms with van der Waals surface area (Å²) < 4.78 is 5.23. The molecule has 1 aliphatic rings. The van der Waals surface area contributed by atoms with Crippen molar-refractivity contribution in [2.45, 2.75) is 33.1 Å². The molecule has 5 heteroatoms. The van der Waals surface area contributed by atoms with E-state index < -0.39 is 0 Å². The van der Waals surface area contributed by atoms with E-state index in [0.717, 1.165) is 36.1 Å². The van der Waals surface area contributed by atoms with E-state index in [1.807, 2.05) is 32.0 Å². The van der Waals surface area contributed by atoms with E-state index in [-0.39, 0.29) is 11.8 Å². The second-order valence-electron chi connectivity index (χ2n) is 5.16. The summed E-state index contributed by atoms with van der Waals surface area (Å²) in [4.78, 5) is 16.2. The molecule has 0 atom stereocenters. The van der Waals surface area contributed by atoms with Crippen molar-refractivity contribution in [3.05, 3.63) is 29.6 Å². The van der Waals surface area contributed by atoms with Crippen LogP contribution in [0.15, 0.2) is 22.7 Å². The molecule has 5 nitrogen and oxygen atoms in total. The van der Waals surface area contributed by atoms with Gasteiger partial charge < -0.3 is 9.84 Å². The number of aryl methyl sites for hydroxylation is 2. The van der Waals surface area contributed by atoms with Crippen LogP contribution in [0.4, 0.5) is 5.69 Å². The van der Waals surface area contributed by atoms with Gasteiger partial charge in [0.2, 0.25) is 5.91 Å². The third kappa shape index (κ3) is 2.57. The summed E-state index contributed by atoms with van der Waals surface area (Å²) in [6, 6.07) is 5.77. The zero-order chi connectivity index (χ0) is 14.1. The highest BCUT2D eigenvalue weighted by atomic mass is 16.5. The molecule has 0 radical (unpaired) electrons. The third-order valence-corrected chi connectivity index (χ3v) is 3.47. The van der Waals surface area contributed by atoms with E-state index in [9.17, 15) is 4.79 Å². The zero-order valence-corrected chi connectivity index (χ0v) is 11.6. The van der Waals surface area contributed by atoms with Gasteiger partial charge in [0, 0.05) is 23.6 Å². The molecule has 0 unspecified atom stereocenters. The molecule has 1 aromatic carbocycles. The molecule has 1 aromatic heterocycles. The number of carbonyl (C=O) groups is 1. The lowest BCUT2D eigenvalue weighted by atomic mass is 10.1. The van der Waals surface area contributed by atoms with Crippen LogP contribution in [0.2, 0.25) is 0 Å². The highest BCUT2D eigenvalue weighted by Crippen LogP contribution is 2.31. The van der Waals surface area contributed by atoms with Crippen molar-refractivity contribution in [2.24, 2.45) is 5.92 Å². The molecule has 20 heavy (non-hydrogen) atoms. The van der Waals surface area contributed by atoms with E-state index in [4.69, 9.17) is 4.52 Å². The Hall–Kier alpha value is -2.17.